The highest BCUT2D eigenvalue weighted by atomic mass is 16.6. The van der Waals surface area contributed by atoms with Crippen LogP contribution in [0.2, 0.25) is 0 Å². The number of carbonyl (C=O) groups is 1. The van der Waals surface area contributed by atoms with Gasteiger partial charge in [-0.15, -0.1) is 0 Å². The fraction of sp³-hybridized carbons (Fsp3) is 0.929. The van der Waals surface area contributed by atoms with Gasteiger partial charge in [-0.05, 0) is 58.5 Å². The maximum Gasteiger partial charge on any atom is 0.410 e. The summed E-state index contributed by atoms with van der Waals surface area (Å²) < 4.78 is 5.45. The highest BCUT2D eigenvalue weighted by Gasteiger charge is 2.46. The molecule has 19 heavy (non-hydrogen) atoms. The first-order valence-corrected chi connectivity index (χ1v) is 7.16. The second-order valence-corrected chi connectivity index (χ2v) is 6.90. The van der Waals surface area contributed by atoms with Crippen LogP contribution in [0.25, 0.3) is 0 Å². The summed E-state index contributed by atoms with van der Waals surface area (Å²) in [6.07, 6.45) is 2.75. The van der Waals surface area contributed by atoms with Crippen LogP contribution in [0.15, 0.2) is 0 Å². The van der Waals surface area contributed by atoms with Gasteiger partial charge in [0.25, 0.3) is 0 Å². The quantitative estimate of drug-likeness (QED) is 0.755. The number of hydrogen-bond acceptors (Lipinski definition) is 4. The van der Waals surface area contributed by atoms with E-state index in [4.69, 9.17) is 4.74 Å². The van der Waals surface area contributed by atoms with Crippen LogP contribution in [0.1, 0.15) is 40.0 Å². The maximum absolute atomic E-state index is 12.2. The van der Waals surface area contributed by atoms with E-state index in [2.05, 4.69) is 5.32 Å². The van der Waals surface area contributed by atoms with Crippen LogP contribution >= 0.6 is 0 Å². The molecule has 0 bridgehead atoms. The molecule has 2 heterocycles. The number of ether oxygens (including phenoxy) is 1. The first-order valence-electron chi connectivity index (χ1n) is 7.16. The van der Waals surface area contributed by atoms with Gasteiger partial charge in [0.05, 0.1) is 12.6 Å². The van der Waals surface area contributed by atoms with Crippen molar-refractivity contribution in [2.45, 2.75) is 51.7 Å². The molecule has 0 radical (unpaired) electrons. The first-order chi connectivity index (χ1) is 8.85. The standard InChI is InChI=1S/C14H26N2O3/c1-13(2,3)19-12(18)16-10-14(8-11(16)9-17)4-6-15-7-5-14/h11,15,17H,4-10H2,1-3H3/t11-/m0/s1. The lowest BCUT2D eigenvalue weighted by Crippen LogP contribution is -2.43. The van der Waals surface area contributed by atoms with Crippen LogP contribution in [0, 0.1) is 5.41 Å². The molecule has 5 heteroatoms. The molecule has 2 saturated heterocycles. The zero-order valence-corrected chi connectivity index (χ0v) is 12.2. The van der Waals surface area contributed by atoms with Crippen LogP contribution in [-0.4, -0.2) is 54.0 Å². The van der Waals surface area contributed by atoms with E-state index < -0.39 is 5.60 Å². The van der Waals surface area contributed by atoms with Gasteiger partial charge in [0.2, 0.25) is 0 Å². The van der Waals surface area contributed by atoms with Gasteiger partial charge in [-0.2, -0.15) is 0 Å². The van der Waals surface area contributed by atoms with Crippen LogP contribution in [0.3, 0.4) is 0 Å². The van der Waals surface area contributed by atoms with Crippen molar-refractivity contribution in [1.29, 1.82) is 0 Å². The lowest BCUT2D eigenvalue weighted by molar-refractivity contribution is 0.0159. The molecule has 110 valence electrons. The summed E-state index contributed by atoms with van der Waals surface area (Å²) in [5, 5.41) is 12.9. The van der Waals surface area contributed by atoms with Gasteiger partial charge in [0, 0.05) is 6.54 Å². The Morgan fingerprint density at radius 2 is 2.05 bits per heavy atom. The van der Waals surface area contributed by atoms with E-state index >= 15 is 0 Å². The minimum Gasteiger partial charge on any atom is -0.444 e. The fourth-order valence-corrected chi connectivity index (χ4v) is 3.18. The molecule has 1 amide bonds. The third-order valence-electron chi connectivity index (χ3n) is 4.12. The Kier molecular flexibility index (Phi) is 4.06. The van der Waals surface area contributed by atoms with Crippen LogP contribution in [0.5, 0.6) is 0 Å². The molecule has 0 unspecified atom stereocenters. The zero-order chi connectivity index (χ0) is 14.1. The molecule has 5 nitrogen and oxygen atoms in total. The summed E-state index contributed by atoms with van der Waals surface area (Å²) in [7, 11) is 0. The maximum atomic E-state index is 12.2. The number of carbonyl (C=O) groups excluding carboxylic acids is 1. The molecular weight excluding hydrogens is 244 g/mol. The highest BCUT2D eigenvalue weighted by molar-refractivity contribution is 5.69. The minimum absolute atomic E-state index is 0.0222. The lowest BCUT2D eigenvalue weighted by Gasteiger charge is -2.33. The summed E-state index contributed by atoms with van der Waals surface area (Å²) in [6, 6.07) is -0.0899. The van der Waals surface area contributed by atoms with Gasteiger partial charge in [-0.1, -0.05) is 0 Å². The number of amides is 1. The van der Waals surface area contributed by atoms with Crippen molar-refractivity contribution in [2.75, 3.05) is 26.2 Å². The summed E-state index contributed by atoms with van der Waals surface area (Å²) in [5.41, 5.74) is -0.309. The zero-order valence-electron chi connectivity index (χ0n) is 12.2. The number of rotatable bonds is 1. The van der Waals surface area contributed by atoms with Crippen LogP contribution in [0.4, 0.5) is 4.79 Å². The van der Waals surface area contributed by atoms with Crippen LogP contribution < -0.4 is 5.32 Å². The molecule has 0 aliphatic carbocycles. The Balaban J connectivity index is 2.05. The van der Waals surface area contributed by atoms with Gasteiger partial charge in [-0.3, -0.25) is 0 Å². The molecule has 2 aliphatic heterocycles. The van der Waals surface area contributed by atoms with Crippen molar-refractivity contribution >= 4 is 6.09 Å². The van der Waals surface area contributed by atoms with Crippen molar-refractivity contribution in [1.82, 2.24) is 10.2 Å². The molecule has 2 N–H and O–H groups in total. The van der Waals surface area contributed by atoms with E-state index in [9.17, 15) is 9.90 Å². The molecule has 2 fully saturated rings. The summed E-state index contributed by atoms with van der Waals surface area (Å²) in [4.78, 5) is 14.0. The number of aliphatic hydroxyl groups excluding tert-OH is 1. The van der Waals surface area contributed by atoms with Gasteiger partial charge in [0.1, 0.15) is 5.60 Å². The fourth-order valence-electron chi connectivity index (χ4n) is 3.18. The molecule has 0 aromatic rings. The second kappa shape index (κ2) is 5.29. The molecule has 1 atom stereocenters. The number of nitrogens with zero attached hydrogens (tertiary/aromatic N) is 1. The van der Waals surface area contributed by atoms with E-state index in [-0.39, 0.29) is 24.2 Å². The summed E-state index contributed by atoms with van der Waals surface area (Å²) in [5.74, 6) is 0. The highest BCUT2D eigenvalue weighted by Crippen LogP contribution is 2.42. The molecule has 0 saturated carbocycles. The Morgan fingerprint density at radius 1 is 1.42 bits per heavy atom. The molecule has 2 aliphatic rings. The predicted molar refractivity (Wildman–Crippen MR) is 73.0 cm³/mol. The SMILES string of the molecule is CC(C)(C)OC(=O)N1CC2(CCNCC2)C[C@H]1CO. The monoisotopic (exact) mass is 270 g/mol. The van der Waals surface area contributed by atoms with E-state index in [1.807, 2.05) is 20.8 Å². The van der Waals surface area contributed by atoms with E-state index in [1.54, 1.807) is 4.90 Å². The molecule has 1 spiro atoms. The first kappa shape index (κ1) is 14.6. The summed E-state index contributed by atoms with van der Waals surface area (Å²) in [6.45, 7) is 8.35. The van der Waals surface area contributed by atoms with Crippen LogP contribution in [-0.2, 0) is 4.74 Å². The van der Waals surface area contributed by atoms with Crippen molar-refractivity contribution in [3.05, 3.63) is 0 Å². The molecule has 0 aromatic heterocycles. The van der Waals surface area contributed by atoms with E-state index in [0.29, 0.717) is 0 Å². The Labute approximate surface area is 115 Å². The normalized spacial score (nSPS) is 26.7. The number of nitrogens with one attached hydrogen (secondary N) is 1. The van der Waals surface area contributed by atoms with E-state index in [1.165, 1.54) is 0 Å². The number of piperidine rings is 1. The van der Waals surface area contributed by atoms with Crippen molar-refractivity contribution in [2.24, 2.45) is 5.41 Å². The molecular formula is C14H26N2O3. The number of hydrogen-bond donors (Lipinski definition) is 2. The Morgan fingerprint density at radius 3 is 2.58 bits per heavy atom. The smallest absolute Gasteiger partial charge is 0.410 e. The average Bonchev–Trinajstić information content (AvgIpc) is 2.67. The number of aliphatic hydroxyl groups is 1. The molecule has 0 aromatic carbocycles. The van der Waals surface area contributed by atoms with E-state index in [0.717, 1.165) is 38.9 Å². The lowest BCUT2D eigenvalue weighted by atomic mass is 9.77. The van der Waals surface area contributed by atoms with Crippen molar-refractivity contribution < 1.29 is 14.6 Å². The van der Waals surface area contributed by atoms with Crippen molar-refractivity contribution in [3.63, 3.8) is 0 Å². The molecule has 2 rings (SSSR count). The minimum atomic E-state index is -0.485. The van der Waals surface area contributed by atoms with Gasteiger partial charge in [0.15, 0.2) is 0 Å². The largest absolute Gasteiger partial charge is 0.444 e. The van der Waals surface area contributed by atoms with Crippen molar-refractivity contribution in [3.8, 4) is 0 Å². The van der Waals surface area contributed by atoms with Gasteiger partial charge < -0.3 is 20.1 Å². The second-order valence-electron chi connectivity index (χ2n) is 6.90. The Bertz CT molecular complexity index is 332. The Hall–Kier alpha value is -0.810. The third-order valence-corrected chi connectivity index (χ3v) is 4.12. The number of likely N-dealkylation sites (tertiary alicyclic amines) is 1. The van der Waals surface area contributed by atoms with Gasteiger partial charge >= 0.3 is 6.09 Å². The summed E-state index contributed by atoms with van der Waals surface area (Å²) >= 11 is 0. The predicted octanol–water partition coefficient (Wildman–Crippen LogP) is 1.36. The average molecular weight is 270 g/mol. The third kappa shape index (κ3) is 3.39. The van der Waals surface area contributed by atoms with Gasteiger partial charge in [-0.25, -0.2) is 4.79 Å². The topological polar surface area (TPSA) is 61.8 Å².